The molecule has 2 rings (SSSR count). The Bertz CT molecular complexity index is 597. The summed E-state index contributed by atoms with van der Waals surface area (Å²) in [5.74, 6) is -0.793. The lowest BCUT2D eigenvalue weighted by atomic mass is 9.97. The molecule has 0 bridgehead atoms. The van der Waals surface area contributed by atoms with Crippen molar-refractivity contribution in [3.8, 4) is 0 Å². The highest BCUT2D eigenvalue weighted by molar-refractivity contribution is 5.94. The molecule has 0 aliphatic carbocycles. The van der Waals surface area contributed by atoms with E-state index in [-0.39, 0.29) is 29.5 Å². The molecule has 1 saturated heterocycles. The number of hydrogen-bond acceptors (Lipinski definition) is 3. The van der Waals surface area contributed by atoms with Gasteiger partial charge in [0.25, 0.3) is 5.91 Å². The van der Waals surface area contributed by atoms with Crippen LogP contribution in [0.1, 0.15) is 47.4 Å². The second-order valence-electron chi connectivity index (χ2n) is 5.83. The molecule has 1 atom stereocenters. The fourth-order valence-electron chi connectivity index (χ4n) is 2.89. The van der Waals surface area contributed by atoms with Crippen LogP contribution >= 0.6 is 0 Å². The number of primary amides is 1. The summed E-state index contributed by atoms with van der Waals surface area (Å²) in [6, 6.07) is 0. The van der Waals surface area contributed by atoms with Gasteiger partial charge >= 0.3 is 6.18 Å². The predicted molar refractivity (Wildman–Crippen MR) is 75.4 cm³/mol. The van der Waals surface area contributed by atoms with E-state index in [4.69, 9.17) is 5.73 Å². The molecule has 3 N–H and O–H groups in total. The number of carbonyl (C=O) groups excluding carboxylic acids is 2. The van der Waals surface area contributed by atoms with Crippen molar-refractivity contribution in [2.75, 3.05) is 13.1 Å². The van der Waals surface area contributed by atoms with Gasteiger partial charge in [0.2, 0.25) is 5.91 Å². The summed E-state index contributed by atoms with van der Waals surface area (Å²) in [6.07, 6.45) is -2.26. The van der Waals surface area contributed by atoms with Crippen molar-refractivity contribution in [3.63, 3.8) is 0 Å². The third-order valence-corrected chi connectivity index (χ3v) is 4.12. The zero-order chi connectivity index (χ0) is 17.2. The molecule has 2 amide bonds. The Labute approximate surface area is 131 Å². The quantitative estimate of drug-likeness (QED) is 0.885. The van der Waals surface area contributed by atoms with E-state index in [2.05, 4.69) is 5.10 Å². The van der Waals surface area contributed by atoms with E-state index in [0.717, 1.165) is 6.42 Å². The standard InChI is InChI=1S/C14H19F3N4O2/c1-8-11(19-20-12(8)14(15,16)17)13(23)21-5-2-3-9(4-6-21)7-10(18)22/h9H,2-7H2,1H3,(H2,18,22)(H,19,20). The van der Waals surface area contributed by atoms with Crippen LogP contribution in [0.3, 0.4) is 0 Å². The van der Waals surface area contributed by atoms with E-state index in [1.807, 2.05) is 5.10 Å². The van der Waals surface area contributed by atoms with Gasteiger partial charge in [-0.2, -0.15) is 18.3 Å². The molecule has 1 aromatic rings. The lowest BCUT2D eigenvalue weighted by molar-refractivity contribution is -0.141. The maximum Gasteiger partial charge on any atom is 0.433 e. The number of aromatic amines is 1. The lowest BCUT2D eigenvalue weighted by Crippen LogP contribution is -2.33. The predicted octanol–water partition coefficient (Wildman–Crippen LogP) is 1.85. The Morgan fingerprint density at radius 2 is 2.04 bits per heavy atom. The van der Waals surface area contributed by atoms with Crippen LogP contribution in [0.15, 0.2) is 0 Å². The smallest absolute Gasteiger partial charge is 0.370 e. The highest BCUT2D eigenvalue weighted by Crippen LogP contribution is 2.31. The molecule has 0 spiro atoms. The second kappa shape index (κ2) is 6.59. The van der Waals surface area contributed by atoms with Crippen molar-refractivity contribution < 1.29 is 22.8 Å². The molecule has 23 heavy (non-hydrogen) atoms. The van der Waals surface area contributed by atoms with Gasteiger partial charge in [0.1, 0.15) is 5.69 Å². The SMILES string of the molecule is Cc1c(C(=O)N2CCCC(CC(N)=O)CC2)n[nH]c1C(F)(F)F. The van der Waals surface area contributed by atoms with Crippen molar-refractivity contribution in [3.05, 3.63) is 17.0 Å². The number of carbonyl (C=O) groups is 2. The van der Waals surface area contributed by atoms with Crippen molar-refractivity contribution in [2.24, 2.45) is 11.7 Å². The number of H-pyrrole nitrogens is 1. The highest BCUT2D eigenvalue weighted by Gasteiger charge is 2.37. The average Bonchev–Trinajstić information content (AvgIpc) is 2.67. The summed E-state index contributed by atoms with van der Waals surface area (Å²) in [6.45, 7) is 2.04. The number of alkyl halides is 3. The summed E-state index contributed by atoms with van der Waals surface area (Å²) >= 11 is 0. The second-order valence-corrected chi connectivity index (χ2v) is 5.83. The summed E-state index contributed by atoms with van der Waals surface area (Å²) in [5.41, 5.74) is 3.79. The van der Waals surface area contributed by atoms with E-state index < -0.39 is 17.8 Å². The number of halogens is 3. The lowest BCUT2D eigenvalue weighted by Gasteiger charge is -2.20. The van der Waals surface area contributed by atoms with Gasteiger partial charge in [0.15, 0.2) is 5.69 Å². The number of rotatable bonds is 3. The Morgan fingerprint density at radius 1 is 1.35 bits per heavy atom. The van der Waals surface area contributed by atoms with Gasteiger partial charge in [0.05, 0.1) is 0 Å². The first-order valence-electron chi connectivity index (χ1n) is 7.40. The van der Waals surface area contributed by atoms with E-state index in [1.54, 1.807) is 0 Å². The van der Waals surface area contributed by atoms with Gasteiger partial charge in [-0.1, -0.05) is 0 Å². The van der Waals surface area contributed by atoms with Crippen LogP contribution in [0.5, 0.6) is 0 Å². The van der Waals surface area contributed by atoms with Crippen LogP contribution in [-0.2, 0) is 11.0 Å². The molecule has 0 radical (unpaired) electrons. The van der Waals surface area contributed by atoms with Crippen molar-refractivity contribution in [1.82, 2.24) is 15.1 Å². The maximum absolute atomic E-state index is 12.8. The number of amides is 2. The molecule has 0 aromatic carbocycles. The molecular formula is C14H19F3N4O2. The normalized spacial score (nSPS) is 19.5. The first kappa shape index (κ1) is 17.3. The Hall–Kier alpha value is -2.06. The molecule has 6 nitrogen and oxygen atoms in total. The zero-order valence-corrected chi connectivity index (χ0v) is 12.7. The van der Waals surface area contributed by atoms with Gasteiger partial charge in [-0.05, 0) is 32.1 Å². The van der Waals surface area contributed by atoms with Gasteiger partial charge in [-0.15, -0.1) is 0 Å². The molecule has 1 aliphatic heterocycles. The third kappa shape index (κ3) is 4.02. The number of nitrogens with zero attached hydrogens (tertiary/aromatic N) is 2. The first-order valence-corrected chi connectivity index (χ1v) is 7.40. The minimum absolute atomic E-state index is 0.108. The van der Waals surface area contributed by atoms with E-state index >= 15 is 0 Å². The van der Waals surface area contributed by atoms with Gasteiger partial charge in [-0.3, -0.25) is 14.7 Å². The van der Waals surface area contributed by atoms with Gasteiger partial charge in [-0.25, -0.2) is 0 Å². The molecule has 1 aromatic heterocycles. The Morgan fingerprint density at radius 3 is 2.61 bits per heavy atom. The molecule has 1 aliphatic rings. The van der Waals surface area contributed by atoms with Gasteiger partial charge in [0, 0.05) is 25.1 Å². The molecule has 128 valence electrons. The van der Waals surface area contributed by atoms with Crippen LogP contribution in [0, 0.1) is 12.8 Å². The van der Waals surface area contributed by atoms with E-state index in [1.165, 1.54) is 11.8 Å². The van der Waals surface area contributed by atoms with Crippen LogP contribution in [-0.4, -0.2) is 40.0 Å². The van der Waals surface area contributed by atoms with Crippen molar-refractivity contribution in [2.45, 2.75) is 38.8 Å². The number of nitrogens with two attached hydrogens (primary N) is 1. The van der Waals surface area contributed by atoms with Crippen LogP contribution in [0.4, 0.5) is 13.2 Å². The molecule has 2 heterocycles. The number of nitrogens with one attached hydrogen (secondary N) is 1. The fourth-order valence-corrected chi connectivity index (χ4v) is 2.89. The Kier molecular flexibility index (Phi) is 4.96. The summed E-state index contributed by atoms with van der Waals surface area (Å²) < 4.78 is 38.3. The number of hydrogen-bond donors (Lipinski definition) is 2. The van der Waals surface area contributed by atoms with Crippen molar-refractivity contribution in [1.29, 1.82) is 0 Å². The zero-order valence-electron chi connectivity index (χ0n) is 12.7. The third-order valence-electron chi connectivity index (χ3n) is 4.12. The first-order chi connectivity index (χ1) is 10.7. The summed E-state index contributed by atoms with van der Waals surface area (Å²) in [4.78, 5) is 24.9. The highest BCUT2D eigenvalue weighted by atomic mass is 19.4. The minimum Gasteiger partial charge on any atom is -0.370 e. The molecule has 1 unspecified atom stereocenters. The Balaban J connectivity index is 2.09. The van der Waals surface area contributed by atoms with Crippen LogP contribution in [0.25, 0.3) is 0 Å². The summed E-state index contributed by atoms with van der Waals surface area (Å²) in [7, 11) is 0. The van der Waals surface area contributed by atoms with Crippen LogP contribution in [0.2, 0.25) is 0 Å². The number of likely N-dealkylation sites (tertiary alicyclic amines) is 1. The van der Waals surface area contributed by atoms with Crippen molar-refractivity contribution >= 4 is 11.8 Å². The van der Waals surface area contributed by atoms with E-state index in [0.29, 0.717) is 25.9 Å². The molecule has 9 heteroatoms. The van der Waals surface area contributed by atoms with Crippen LogP contribution < -0.4 is 5.73 Å². The van der Waals surface area contributed by atoms with E-state index in [9.17, 15) is 22.8 Å². The molecule has 1 fully saturated rings. The molecule has 0 saturated carbocycles. The topological polar surface area (TPSA) is 92.1 Å². The van der Waals surface area contributed by atoms with Gasteiger partial charge < -0.3 is 10.6 Å². The fraction of sp³-hybridized carbons (Fsp3) is 0.643. The minimum atomic E-state index is -4.57. The maximum atomic E-state index is 12.8. The summed E-state index contributed by atoms with van der Waals surface area (Å²) in [5, 5.41) is 5.45. The monoisotopic (exact) mass is 332 g/mol. The average molecular weight is 332 g/mol. The molecular weight excluding hydrogens is 313 g/mol. The largest absolute Gasteiger partial charge is 0.433 e. The number of aromatic nitrogens is 2.